The smallest absolute Gasteiger partial charge is 0.0541 e. The molecule has 0 radical (unpaired) electrons. The molecule has 0 saturated carbocycles. The highest BCUT2D eigenvalue weighted by molar-refractivity contribution is 6.09. The Morgan fingerprint density at radius 1 is 0.360 bits per heavy atom. The lowest BCUT2D eigenvalue weighted by molar-refractivity contribution is 0.889. The molecule has 1 aliphatic carbocycles. The molecule has 0 saturated heterocycles. The van der Waals surface area contributed by atoms with Gasteiger partial charge in [0.25, 0.3) is 0 Å². The molecular formula is C48H34N2. The Morgan fingerprint density at radius 2 is 0.780 bits per heavy atom. The molecule has 9 aromatic rings. The molecule has 2 aromatic heterocycles. The van der Waals surface area contributed by atoms with Crippen LogP contribution in [-0.4, -0.2) is 9.13 Å². The second-order valence-electron chi connectivity index (χ2n) is 13.3. The second kappa shape index (κ2) is 11.6. The van der Waals surface area contributed by atoms with Gasteiger partial charge in [0.2, 0.25) is 0 Å². The lowest BCUT2D eigenvalue weighted by atomic mass is 9.96. The Balaban J connectivity index is 1.02. The Labute approximate surface area is 291 Å². The Morgan fingerprint density at radius 3 is 1.32 bits per heavy atom. The zero-order valence-corrected chi connectivity index (χ0v) is 27.6. The Kier molecular flexibility index (Phi) is 6.67. The van der Waals surface area contributed by atoms with Gasteiger partial charge in [-0.2, -0.15) is 0 Å². The molecule has 0 atom stereocenters. The first-order chi connectivity index (χ1) is 24.8. The summed E-state index contributed by atoms with van der Waals surface area (Å²) in [7, 11) is 0. The van der Waals surface area contributed by atoms with Crippen molar-refractivity contribution in [3.8, 4) is 44.8 Å². The summed E-state index contributed by atoms with van der Waals surface area (Å²) >= 11 is 0. The van der Waals surface area contributed by atoms with Crippen LogP contribution in [0.15, 0.2) is 176 Å². The van der Waals surface area contributed by atoms with E-state index in [1.807, 2.05) is 0 Å². The van der Waals surface area contributed by atoms with Gasteiger partial charge in [0.1, 0.15) is 0 Å². The standard InChI is InChI=1S/C48H34N2/c1-5-25-45-41(21-1)42-22-2-6-26-46(42)49(45)39-19-11-17-37(31-39)35-15-9-13-33(29-35)34-14-10-16-36(30-34)38-18-12-20-40(32-38)50-47-27-7-3-23-43(47)44-24-4-8-28-48(44)50/h1-7,9-27,29-32H,8,28H2. The van der Waals surface area contributed by atoms with Gasteiger partial charge in [-0.3, -0.25) is 0 Å². The highest BCUT2D eigenvalue weighted by Gasteiger charge is 2.18. The van der Waals surface area contributed by atoms with E-state index in [2.05, 4.69) is 191 Å². The summed E-state index contributed by atoms with van der Waals surface area (Å²) in [6.07, 6.45) is 6.74. The predicted octanol–water partition coefficient (Wildman–Crippen LogP) is 12.7. The monoisotopic (exact) mass is 638 g/mol. The quantitative estimate of drug-likeness (QED) is 0.178. The van der Waals surface area contributed by atoms with Crippen molar-refractivity contribution >= 4 is 38.8 Å². The van der Waals surface area contributed by atoms with Crippen molar-refractivity contribution in [3.05, 3.63) is 187 Å². The van der Waals surface area contributed by atoms with E-state index in [0.717, 1.165) is 12.8 Å². The van der Waals surface area contributed by atoms with Gasteiger partial charge in [0, 0.05) is 38.8 Å². The highest BCUT2D eigenvalue weighted by Crippen LogP contribution is 2.37. The van der Waals surface area contributed by atoms with Crippen molar-refractivity contribution in [3.63, 3.8) is 0 Å². The fraction of sp³-hybridized carbons (Fsp3) is 0.0417. The molecule has 0 aliphatic heterocycles. The first kappa shape index (κ1) is 28.6. The summed E-state index contributed by atoms with van der Waals surface area (Å²) < 4.78 is 4.86. The normalized spacial score (nSPS) is 12.6. The average molecular weight is 639 g/mol. The summed E-state index contributed by atoms with van der Waals surface area (Å²) in [6.45, 7) is 0. The maximum atomic E-state index is 2.47. The fourth-order valence-electron chi connectivity index (χ4n) is 8.07. The molecule has 0 amide bonds. The molecule has 0 unspecified atom stereocenters. The maximum absolute atomic E-state index is 2.47. The van der Waals surface area contributed by atoms with Gasteiger partial charge in [0.15, 0.2) is 0 Å². The molecule has 1 aliphatic rings. The highest BCUT2D eigenvalue weighted by atomic mass is 15.0. The molecule has 50 heavy (non-hydrogen) atoms. The average Bonchev–Trinajstić information content (AvgIpc) is 3.71. The number of hydrogen-bond acceptors (Lipinski definition) is 0. The van der Waals surface area contributed by atoms with Gasteiger partial charge >= 0.3 is 0 Å². The first-order valence-corrected chi connectivity index (χ1v) is 17.5. The van der Waals surface area contributed by atoms with Crippen LogP contribution in [0.4, 0.5) is 0 Å². The molecule has 0 fully saturated rings. The molecule has 0 bridgehead atoms. The van der Waals surface area contributed by atoms with Crippen LogP contribution in [-0.2, 0) is 6.42 Å². The Hall–Kier alpha value is -6.38. The third-order valence-corrected chi connectivity index (χ3v) is 10.4. The molecule has 10 rings (SSSR count). The molecule has 2 heteroatoms. The van der Waals surface area contributed by atoms with Crippen LogP contribution < -0.4 is 0 Å². The number of allylic oxidation sites excluding steroid dienone is 1. The summed E-state index contributed by atoms with van der Waals surface area (Å²) in [5.74, 6) is 0. The number of nitrogens with zero attached hydrogens (tertiary/aromatic N) is 2. The number of benzene rings is 7. The summed E-state index contributed by atoms with van der Waals surface area (Å²) in [5, 5.41) is 3.88. The minimum Gasteiger partial charge on any atom is -0.313 e. The molecule has 0 spiro atoms. The summed E-state index contributed by atoms with van der Waals surface area (Å²) in [4.78, 5) is 0. The van der Waals surface area contributed by atoms with E-state index >= 15 is 0 Å². The molecular weight excluding hydrogens is 605 g/mol. The van der Waals surface area contributed by atoms with Crippen LogP contribution in [0.2, 0.25) is 0 Å². The van der Waals surface area contributed by atoms with E-state index in [-0.39, 0.29) is 0 Å². The number of para-hydroxylation sites is 3. The minimum absolute atomic E-state index is 1.05. The third kappa shape index (κ3) is 4.64. The molecule has 236 valence electrons. The lowest BCUT2D eigenvalue weighted by Crippen LogP contribution is -2.03. The van der Waals surface area contributed by atoms with Crippen molar-refractivity contribution in [2.45, 2.75) is 12.8 Å². The first-order valence-electron chi connectivity index (χ1n) is 17.5. The van der Waals surface area contributed by atoms with Crippen LogP contribution in [0.3, 0.4) is 0 Å². The molecule has 0 N–H and O–H groups in total. The minimum atomic E-state index is 1.05. The topological polar surface area (TPSA) is 9.86 Å². The van der Waals surface area contributed by atoms with E-state index in [1.165, 1.54) is 88.7 Å². The van der Waals surface area contributed by atoms with Crippen LogP contribution in [0, 0.1) is 0 Å². The third-order valence-electron chi connectivity index (χ3n) is 10.4. The van der Waals surface area contributed by atoms with Crippen molar-refractivity contribution < 1.29 is 0 Å². The SMILES string of the molecule is C1=Cc2c(n(-c3cccc(-c4cccc(-c5cccc(-c6cccc(-n7c8ccccc8c8ccccc87)c6)c5)c4)c3)c3ccccc23)CC1. The van der Waals surface area contributed by atoms with E-state index in [4.69, 9.17) is 0 Å². The van der Waals surface area contributed by atoms with Gasteiger partial charge in [-0.05, 0) is 101 Å². The second-order valence-corrected chi connectivity index (χ2v) is 13.3. The molecule has 7 aromatic carbocycles. The van der Waals surface area contributed by atoms with Crippen LogP contribution >= 0.6 is 0 Å². The summed E-state index contributed by atoms with van der Waals surface area (Å²) in [6, 6.07) is 62.1. The molecule has 2 nitrogen and oxygen atoms in total. The summed E-state index contributed by atoms with van der Waals surface area (Å²) in [5.41, 5.74) is 16.1. The van der Waals surface area contributed by atoms with Crippen LogP contribution in [0.5, 0.6) is 0 Å². The zero-order valence-electron chi connectivity index (χ0n) is 27.6. The van der Waals surface area contributed by atoms with Crippen molar-refractivity contribution in [1.29, 1.82) is 0 Å². The van der Waals surface area contributed by atoms with Crippen molar-refractivity contribution in [2.24, 2.45) is 0 Å². The predicted molar refractivity (Wildman–Crippen MR) is 211 cm³/mol. The van der Waals surface area contributed by atoms with Gasteiger partial charge in [-0.1, -0.05) is 127 Å². The van der Waals surface area contributed by atoms with Gasteiger partial charge in [0.05, 0.1) is 16.6 Å². The molecule has 2 heterocycles. The zero-order chi connectivity index (χ0) is 33.0. The van der Waals surface area contributed by atoms with Gasteiger partial charge in [-0.15, -0.1) is 0 Å². The number of fused-ring (bicyclic) bond motifs is 6. The van der Waals surface area contributed by atoms with Crippen LogP contribution in [0.1, 0.15) is 17.7 Å². The maximum Gasteiger partial charge on any atom is 0.0541 e. The van der Waals surface area contributed by atoms with Crippen molar-refractivity contribution in [2.75, 3.05) is 0 Å². The van der Waals surface area contributed by atoms with E-state index in [0.29, 0.717) is 0 Å². The number of aromatic nitrogens is 2. The lowest BCUT2D eigenvalue weighted by Gasteiger charge is -2.15. The Bertz CT molecular complexity index is 2720. The van der Waals surface area contributed by atoms with E-state index in [9.17, 15) is 0 Å². The number of rotatable bonds is 5. The van der Waals surface area contributed by atoms with Crippen LogP contribution in [0.25, 0.3) is 83.5 Å². The van der Waals surface area contributed by atoms with E-state index in [1.54, 1.807) is 0 Å². The number of hydrogen-bond donors (Lipinski definition) is 0. The van der Waals surface area contributed by atoms with Gasteiger partial charge in [-0.25, -0.2) is 0 Å². The van der Waals surface area contributed by atoms with Crippen molar-refractivity contribution in [1.82, 2.24) is 9.13 Å². The van der Waals surface area contributed by atoms with E-state index < -0.39 is 0 Å². The fourth-order valence-corrected chi connectivity index (χ4v) is 8.07. The van der Waals surface area contributed by atoms with Gasteiger partial charge < -0.3 is 9.13 Å². The largest absolute Gasteiger partial charge is 0.313 e.